The molecule has 3 N–H and O–H groups in total. The molecule has 0 bridgehead atoms. The van der Waals surface area contributed by atoms with Crippen LogP contribution < -0.4 is 10.6 Å². The summed E-state index contributed by atoms with van der Waals surface area (Å²) < 4.78 is 6.49. The number of halogens is 1. The first-order valence-corrected chi connectivity index (χ1v) is 12.3. The van der Waals surface area contributed by atoms with Crippen LogP contribution in [0.1, 0.15) is 24.0 Å². The Morgan fingerprint density at radius 3 is 2.65 bits per heavy atom. The number of amides is 3. The van der Waals surface area contributed by atoms with Crippen molar-refractivity contribution in [2.24, 2.45) is 11.8 Å². The number of hydrogen-bond acceptors (Lipinski definition) is 6. The molecule has 0 saturated carbocycles. The first-order valence-electron chi connectivity index (χ1n) is 11.5. The van der Waals surface area contributed by atoms with E-state index in [0.717, 1.165) is 22.9 Å². The van der Waals surface area contributed by atoms with Gasteiger partial charge < -0.3 is 15.2 Å². The standard InChI is InChI=1S/C25H24BrN3O5/c26-14-5-8-18-17(11-14)25(24(33)27-18)21-20(19(28-25)10-13-3-6-15(30)7-4-13)22(31)29(23(21)32)12-16-2-1-9-34-16/h3-8,11,16,19-21,28,30H,1-2,9-10,12H2,(H,27,33)/t16-,19-,20-,21-,25-/m0/s1. The van der Waals surface area contributed by atoms with Crippen LogP contribution in [0.25, 0.3) is 0 Å². The first kappa shape index (κ1) is 21.8. The highest BCUT2D eigenvalue weighted by atomic mass is 79.9. The lowest BCUT2D eigenvalue weighted by atomic mass is 9.76. The van der Waals surface area contributed by atoms with Gasteiger partial charge in [0, 0.05) is 28.4 Å². The fourth-order valence-electron chi connectivity index (χ4n) is 6.07. The van der Waals surface area contributed by atoms with Gasteiger partial charge in [-0.05, 0) is 55.2 Å². The molecule has 2 aromatic carbocycles. The second kappa shape index (κ2) is 7.90. The number of anilines is 1. The molecule has 4 aliphatic rings. The Morgan fingerprint density at radius 2 is 1.91 bits per heavy atom. The van der Waals surface area contributed by atoms with E-state index in [1.54, 1.807) is 30.3 Å². The van der Waals surface area contributed by atoms with Crippen molar-refractivity contribution in [2.75, 3.05) is 18.5 Å². The number of nitrogens with one attached hydrogen (secondary N) is 2. The van der Waals surface area contributed by atoms with E-state index in [-0.39, 0.29) is 36.1 Å². The number of rotatable bonds is 4. The van der Waals surface area contributed by atoms with Gasteiger partial charge in [0.15, 0.2) is 0 Å². The minimum Gasteiger partial charge on any atom is -0.508 e. The number of imide groups is 1. The minimum atomic E-state index is -1.33. The van der Waals surface area contributed by atoms with Crippen LogP contribution in [0.2, 0.25) is 0 Å². The highest BCUT2D eigenvalue weighted by Gasteiger charge is 2.70. The largest absolute Gasteiger partial charge is 0.508 e. The summed E-state index contributed by atoms with van der Waals surface area (Å²) in [6.45, 7) is 0.853. The van der Waals surface area contributed by atoms with Crippen LogP contribution in [0.5, 0.6) is 5.75 Å². The van der Waals surface area contributed by atoms with Crippen LogP contribution in [0, 0.1) is 11.8 Å². The lowest BCUT2D eigenvalue weighted by Crippen LogP contribution is -2.54. The van der Waals surface area contributed by atoms with E-state index in [4.69, 9.17) is 4.74 Å². The maximum Gasteiger partial charge on any atom is 0.250 e. The predicted octanol–water partition coefficient (Wildman–Crippen LogP) is 2.30. The highest BCUT2D eigenvalue weighted by molar-refractivity contribution is 9.10. The van der Waals surface area contributed by atoms with Gasteiger partial charge in [0.2, 0.25) is 17.7 Å². The fourth-order valence-corrected chi connectivity index (χ4v) is 6.43. The maximum absolute atomic E-state index is 13.8. The molecule has 5 atom stereocenters. The molecule has 3 saturated heterocycles. The van der Waals surface area contributed by atoms with Crippen molar-refractivity contribution in [3.8, 4) is 5.75 Å². The Morgan fingerprint density at radius 1 is 1.12 bits per heavy atom. The smallest absolute Gasteiger partial charge is 0.250 e. The summed E-state index contributed by atoms with van der Waals surface area (Å²) in [4.78, 5) is 42.4. The van der Waals surface area contributed by atoms with Gasteiger partial charge in [-0.25, -0.2) is 0 Å². The second-order valence-electron chi connectivity index (χ2n) is 9.50. The van der Waals surface area contributed by atoms with E-state index < -0.39 is 23.4 Å². The molecule has 0 unspecified atom stereocenters. The fraction of sp³-hybridized carbons (Fsp3) is 0.400. The summed E-state index contributed by atoms with van der Waals surface area (Å²) in [6, 6.07) is 11.8. The molecule has 34 heavy (non-hydrogen) atoms. The van der Waals surface area contributed by atoms with Gasteiger partial charge in [-0.15, -0.1) is 0 Å². The van der Waals surface area contributed by atoms with Gasteiger partial charge in [-0.2, -0.15) is 0 Å². The monoisotopic (exact) mass is 525 g/mol. The van der Waals surface area contributed by atoms with Crippen molar-refractivity contribution in [1.82, 2.24) is 10.2 Å². The molecule has 3 fully saturated rings. The van der Waals surface area contributed by atoms with E-state index >= 15 is 0 Å². The van der Waals surface area contributed by atoms with E-state index in [1.165, 1.54) is 4.90 Å². The Bertz CT molecular complexity index is 1200. The summed E-state index contributed by atoms with van der Waals surface area (Å²) in [5.41, 5.74) is 0.887. The number of likely N-dealkylation sites (tertiary alicyclic amines) is 1. The Labute approximate surface area is 204 Å². The lowest BCUT2D eigenvalue weighted by Gasteiger charge is -2.30. The van der Waals surface area contributed by atoms with Crippen molar-refractivity contribution in [2.45, 2.75) is 36.9 Å². The average molecular weight is 526 g/mol. The van der Waals surface area contributed by atoms with Crippen LogP contribution >= 0.6 is 15.9 Å². The van der Waals surface area contributed by atoms with Gasteiger partial charge in [-0.3, -0.25) is 24.6 Å². The van der Waals surface area contributed by atoms with Crippen LogP contribution in [-0.2, 0) is 31.1 Å². The molecule has 4 aliphatic heterocycles. The number of fused-ring (bicyclic) bond motifs is 4. The number of carbonyl (C=O) groups excluding carboxylic acids is 3. The number of benzene rings is 2. The molecule has 9 heteroatoms. The van der Waals surface area contributed by atoms with Crippen molar-refractivity contribution in [3.05, 3.63) is 58.1 Å². The number of nitrogens with zero attached hydrogens (tertiary/aromatic N) is 1. The van der Waals surface area contributed by atoms with Crippen molar-refractivity contribution in [3.63, 3.8) is 0 Å². The van der Waals surface area contributed by atoms with Gasteiger partial charge >= 0.3 is 0 Å². The van der Waals surface area contributed by atoms with Crippen LogP contribution in [0.4, 0.5) is 5.69 Å². The SMILES string of the molecule is O=C1[C@H]2[C@H](Cc3ccc(O)cc3)N[C@]3(C(=O)Nc4ccc(Br)cc43)[C@@H]2C(=O)N1C[C@@H]1CCCO1. The van der Waals surface area contributed by atoms with Gasteiger partial charge in [0.25, 0.3) is 0 Å². The number of carbonyl (C=O) groups is 3. The molecule has 1 spiro atoms. The van der Waals surface area contributed by atoms with Crippen LogP contribution in [0.15, 0.2) is 46.9 Å². The van der Waals surface area contributed by atoms with E-state index in [2.05, 4.69) is 26.6 Å². The van der Waals surface area contributed by atoms with Crippen molar-refractivity contribution < 1.29 is 24.2 Å². The molecule has 6 rings (SSSR count). The molecule has 8 nitrogen and oxygen atoms in total. The second-order valence-corrected chi connectivity index (χ2v) is 10.4. The Balaban J connectivity index is 1.43. The third-order valence-corrected chi connectivity index (χ3v) is 8.06. The van der Waals surface area contributed by atoms with Gasteiger partial charge in [0.05, 0.1) is 24.5 Å². The quantitative estimate of drug-likeness (QED) is 0.528. The number of ether oxygens (including phenoxy) is 1. The third kappa shape index (κ3) is 3.14. The Kier molecular flexibility index (Phi) is 5.05. The average Bonchev–Trinajstić information content (AvgIpc) is 3.56. The van der Waals surface area contributed by atoms with Crippen molar-refractivity contribution >= 4 is 39.3 Å². The molecule has 2 aromatic rings. The molecule has 176 valence electrons. The summed E-state index contributed by atoms with van der Waals surface area (Å²) >= 11 is 3.49. The zero-order valence-electron chi connectivity index (χ0n) is 18.3. The number of aromatic hydroxyl groups is 1. The normalized spacial score (nSPS) is 31.9. The number of phenols is 1. The first-order chi connectivity index (χ1) is 16.4. The summed E-state index contributed by atoms with van der Waals surface area (Å²) in [7, 11) is 0. The van der Waals surface area contributed by atoms with Crippen molar-refractivity contribution in [1.29, 1.82) is 0 Å². The molecule has 3 amide bonds. The highest BCUT2D eigenvalue weighted by Crippen LogP contribution is 2.53. The zero-order valence-corrected chi connectivity index (χ0v) is 19.9. The third-order valence-electron chi connectivity index (χ3n) is 7.57. The molecule has 0 aromatic heterocycles. The summed E-state index contributed by atoms with van der Waals surface area (Å²) in [5, 5.41) is 16.0. The van der Waals surface area contributed by atoms with E-state index in [1.807, 2.05) is 12.1 Å². The topological polar surface area (TPSA) is 108 Å². The maximum atomic E-state index is 13.8. The van der Waals surface area contributed by atoms with E-state index in [9.17, 15) is 19.5 Å². The summed E-state index contributed by atoms with van der Waals surface area (Å²) in [6.07, 6.45) is 1.99. The van der Waals surface area contributed by atoms with E-state index in [0.29, 0.717) is 24.3 Å². The molecular weight excluding hydrogens is 502 g/mol. The number of hydrogen-bond donors (Lipinski definition) is 3. The minimum absolute atomic E-state index is 0.154. The predicted molar refractivity (Wildman–Crippen MR) is 126 cm³/mol. The van der Waals surface area contributed by atoms with Gasteiger partial charge in [0.1, 0.15) is 11.3 Å². The van der Waals surface area contributed by atoms with Gasteiger partial charge in [-0.1, -0.05) is 28.1 Å². The Hall–Kier alpha value is -2.75. The lowest BCUT2D eigenvalue weighted by molar-refractivity contribution is -0.144. The zero-order chi connectivity index (χ0) is 23.6. The molecule has 0 aliphatic carbocycles. The van der Waals surface area contributed by atoms with Crippen LogP contribution in [0.3, 0.4) is 0 Å². The number of phenolic OH excluding ortho intramolecular Hbond substituents is 1. The summed E-state index contributed by atoms with van der Waals surface area (Å²) in [5.74, 6) is -2.27. The van der Waals surface area contributed by atoms with Crippen LogP contribution in [-0.4, -0.2) is 53.0 Å². The molecule has 0 radical (unpaired) electrons. The molecule has 4 heterocycles. The molecular formula is C25H24BrN3O5.